The molecular formula is C27H25F2N3O3. The summed E-state index contributed by atoms with van der Waals surface area (Å²) in [4.78, 5) is 14.8. The summed E-state index contributed by atoms with van der Waals surface area (Å²) in [6.07, 6.45) is 0. The molecule has 0 saturated carbocycles. The first-order valence-electron chi connectivity index (χ1n) is 11.1. The number of carbonyl (C=O) groups is 1. The summed E-state index contributed by atoms with van der Waals surface area (Å²) < 4.78 is 41.5. The average molecular weight is 478 g/mol. The third-order valence-corrected chi connectivity index (χ3v) is 5.48. The number of amides is 1. The Morgan fingerprint density at radius 3 is 2.29 bits per heavy atom. The molecule has 4 rings (SSSR count). The van der Waals surface area contributed by atoms with Gasteiger partial charge in [0.05, 0.1) is 24.3 Å². The van der Waals surface area contributed by atoms with Crippen molar-refractivity contribution in [3.63, 3.8) is 0 Å². The third kappa shape index (κ3) is 5.38. The van der Waals surface area contributed by atoms with Crippen LogP contribution in [0.1, 0.15) is 15.9 Å². The molecule has 0 bridgehead atoms. The Morgan fingerprint density at radius 1 is 0.943 bits per heavy atom. The van der Waals surface area contributed by atoms with Crippen LogP contribution < -0.4 is 4.74 Å². The molecule has 0 fully saturated rings. The molecule has 0 unspecified atom stereocenters. The molecule has 1 amide bonds. The Bertz CT molecular complexity index is 1310. The number of halogens is 2. The van der Waals surface area contributed by atoms with E-state index in [1.807, 2.05) is 30.3 Å². The lowest BCUT2D eigenvalue weighted by molar-refractivity contribution is 0.0675. The standard InChI is InChI=1S/C27H25F2N3O3/c1-31-27(35-24-15-9-8-14-23(24)29)21(25(30-31)19-10-4-3-5-11-19)18-32(16-17-34-2)26(33)20-12-6-7-13-22(20)28/h3-15H,16-18H2,1-2H3. The van der Waals surface area contributed by atoms with Gasteiger partial charge in [-0.2, -0.15) is 5.10 Å². The zero-order chi connectivity index (χ0) is 24.8. The van der Waals surface area contributed by atoms with Crippen molar-refractivity contribution in [2.24, 2.45) is 7.05 Å². The SMILES string of the molecule is COCCN(Cc1c(-c2ccccc2)nn(C)c1Oc1ccccc1F)C(=O)c1ccccc1F. The Kier molecular flexibility index (Phi) is 7.52. The molecule has 0 atom stereocenters. The lowest BCUT2D eigenvalue weighted by atomic mass is 10.1. The van der Waals surface area contributed by atoms with E-state index in [0.717, 1.165) is 5.56 Å². The van der Waals surface area contributed by atoms with Crippen LogP contribution in [0.15, 0.2) is 78.9 Å². The van der Waals surface area contributed by atoms with Crippen LogP contribution in [0.3, 0.4) is 0 Å². The van der Waals surface area contributed by atoms with Crippen LogP contribution in [-0.2, 0) is 18.3 Å². The second-order valence-electron chi connectivity index (χ2n) is 7.85. The van der Waals surface area contributed by atoms with Crippen LogP contribution in [-0.4, -0.2) is 40.8 Å². The van der Waals surface area contributed by atoms with Crippen LogP contribution in [0, 0.1) is 11.6 Å². The van der Waals surface area contributed by atoms with E-state index in [-0.39, 0.29) is 36.9 Å². The molecule has 0 N–H and O–H groups in total. The zero-order valence-corrected chi connectivity index (χ0v) is 19.4. The largest absolute Gasteiger partial charge is 0.436 e. The van der Waals surface area contributed by atoms with E-state index in [0.29, 0.717) is 11.3 Å². The van der Waals surface area contributed by atoms with E-state index < -0.39 is 17.5 Å². The van der Waals surface area contributed by atoms with Crippen molar-refractivity contribution in [1.29, 1.82) is 0 Å². The van der Waals surface area contributed by atoms with E-state index in [9.17, 15) is 13.6 Å². The van der Waals surface area contributed by atoms with Crippen LogP contribution in [0.5, 0.6) is 11.6 Å². The number of nitrogens with zero attached hydrogens (tertiary/aromatic N) is 3. The van der Waals surface area contributed by atoms with E-state index in [1.54, 1.807) is 25.2 Å². The third-order valence-electron chi connectivity index (χ3n) is 5.48. The van der Waals surface area contributed by atoms with Gasteiger partial charge in [-0.05, 0) is 24.3 Å². The summed E-state index contributed by atoms with van der Waals surface area (Å²) in [5.74, 6) is -1.34. The fourth-order valence-corrected chi connectivity index (χ4v) is 3.73. The summed E-state index contributed by atoms with van der Waals surface area (Å²) in [6.45, 7) is 0.481. The normalized spacial score (nSPS) is 10.9. The van der Waals surface area contributed by atoms with Crippen molar-refractivity contribution in [1.82, 2.24) is 14.7 Å². The topological polar surface area (TPSA) is 56.6 Å². The van der Waals surface area contributed by atoms with Gasteiger partial charge in [0.1, 0.15) is 11.5 Å². The van der Waals surface area contributed by atoms with Crippen LogP contribution in [0.2, 0.25) is 0 Å². The summed E-state index contributed by atoms with van der Waals surface area (Å²) in [5.41, 5.74) is 1.88. The smallest absolute Gasteiger partial charge is 0.257 e. The maximum atomic E-state index is 14.5. The summed E-state index contributed by atoms with van der Waals surface area (Å²) in [6, 6.07) is 21.3. The predicted molar refractivity (Wildman–Crippen MR) is 128 cm³/mol. The van der Waals surface area contributed by atoms with E-state index in [1.165, 1.54) is 47.0 Å². The zero-order valence-electron chi connectivity index (χ0n) is 19.4. The maximum absolute atomic E-state index is 14.5. The van der Waals surface area contributed by atoms with Crippen LogP contribution in [0.25, 0.3) is 11.3 Å². The summed E-state index contributed by atoms with van der Waals surface area (Å²) in [7, 11) is 3.21. The van der Waals surface area contributed by atoms with Crippen molar-refractivity contribution < 1.29 is 23.0 Å². The molecule has 4 aromatic rings. The van der Waals surface area contributed by atoms with Gasteiger partial charge in [0.2, 0.25) is 5.88 Å². The highest BCUT2D eigenvalue weighted by atomic mass is 19.1. The van der Waals surface area contributed by atoms with Gasteiger partial charge in [0.25, 0.3) is 5.91 Å². The molecule has 0 saturated heterocycles. The number of hydrogen-bond donors (Lipinski definition) is 0. The fourth-order valence-electron chi connectivity index (χ4n) is 3.73. The number of aromatic nitrogens is 2. The number of hydrogen-bond acceptors (Lipinski definition) is 4. The van der Waals surface area contributed by atoms with Gasteiger partial charge in [-0.25, -0.2) is 13.5 Å². The highest BCUT2D eigenvalue weighted by molar-refractivity contribution is 5.94. The van der Waals surface area contributed by atoms with Gasteiger partial charge in [-0.15, -0.1) is 0 Å². The van der Waals surface area contributed by atoms with Gasteiger partial charge in [0, 0.05) is 26.3 Å². The molecular weight excluding hydrogens is 452 g/mol. The van der Waals surface area contributed by atoms with Crippen LogP contribution in [0.4, 0.5) is 8.78 Å². The molecule has 0 spiro atoms. The Labute approximate surface area is 202 Å². The molecule has 1 aromatic heterocycles. The molecule has 0 aliphatic rings. The first-order valence-corrected chi connectivity index (χ1v) is 11.1. The Balaban J connectivity index is 1.79. The van der Waals surface area contributed by atoms with E-state index >= 15 is 0 Å². The molecule has 8 heteroatoms. The van der Waals surface area contributed by atoms with Gasteiger partial charge < -0.3 is 14.4 Å². The second kappa shape index (κ2) is 10.9. The number of rotatable bonds is 9. The Morgan fingerprint density at radius 2 is 1.60 bits per heavy atom. The fraction of sp³-hybridized carbons (Fsp3) is 0.185. The van der Waals surface area contributed by atoms with Crippen molar-refractivity contribution in [2.45, 2.75) is 6.54 Å². The first kappa shape index (κ1) is 24.1. The second-order valence-corrected chi connectivity index (χ2v) is 7.85. The summed E-state index contributed by atoms with van der Waals surface area (Å²) >= 11 is 0. The minimum absolute atomic E-state index is 0.0280. The predicted octanol–water partition coefficient (Wildman–Crippen LogP) is 5.45. The van der Waals surface area contributed by atoms with Crippen molar-refractivity contribution in [2.75, 3.05) is 20.3 Å². The number of carbonyl (C=O) groups excluding carboxylic acids is 1. The number of methoxy groups -OCH3 is 1. The molecule has 6 nitrogen and oxygen atoms in total. The van der Waals surface area contributed by atoms with Crippen molar-refractivity contribution in [3.8, 4) is 22.9 Å². The highest BCUT2D eigenvalue weighted by Crippen LogP contribution is 2.35. The molecule has 0 aliphatic carbocycles. The van der Waals surface area contributed by atoms with E-state index in [4.69, 9.17) is 9.47 Å². The Hall–Kier alpha value is -4.04. The van der Waals surface area contributed by atoms with Crippen molar-refractivity contribution >= 4 is 5.91 Å². The monoisotopic (exact) mass is 477 g/mol. The molecule has 0 aliphatic heterocycles. The number of ether oxygens (including phenoxy) is 2. The lowest BCUT2D eigenvalue weighted by Crippen LogP contribution is -2.34. The molecule has 3 aromatic carbocycles. The van der Waals surface area contributed by atoms with Gasteiger partial charge in [-0.1, -0.05) is 54.6 Å². The minimum Gasteiger partial charge on any atom is -0.436 e. The number of para-hydroxylation sites is 1. The molecule has 0 radical (unpaired) electrons. The number of benzene rings is 3. The quantitative estimate of drug-likeness (QED) is 0.322. The highest BCUT2D eigenvalue weighted by Gasteiger charge is 2.26. The van der Waals surface area contributed by atoms with Gasteiger partial charge in [0.15, 0.2) is 11.6 Å². The van der Waals surface area contributed by atoms with Gasteiger partial charge in [-0.3, -0.25) is 4.79 Å². The minimum atomic E-state index is -0.614. The van der Waals surface area contributed by atoms with Crippen LogP contribution >= 0.6 is 0 Å². The van der Waals surface area contributed by atoms with Crippen molar-refractivity contribution in [3.05, 3.63) is 102 Å². The van der Waals surface area contributed by atoms with E-state index in [2.05, 4.69) is 5.10 Å². The molecule has 1 heterocycles. The number of aryl methyl sites for hydroxylation is 1. The summed E-state index contributed by atoms with van der Waals surface area (Å²) in [5, 5.41) is 4.62. The molecule has 180 valence electrons. The molecule has 35 heavy (non-hydrogen) atoms. The first-order chi connectivity index (χ1) is 17.0. The van der Waals surface area contributed by atoms with Gasteiger partial charge >= 0.3 is 0 Å². The lowest BCUT2D eigenvalue weighted by Gasteiger charge is -2.23. The maximum Gasteiger partial charge on any atom is 0.257 e. The average Bonchev–Trinajstić information content (AvgIpc) is 3.18.